The van der Waals surface area contributed by atoms with Crippen molar-refractivity contribution in [1.82, 2.24) is 0 Å². The Balaban J connectivity index is 1.71. The van der Waals surface area contributed by atoms with Gasteiger partial charge in [0.2, 0.25) is 0 Å². The van der Waals surface area contributed by atoms with Gasteiger partial charge in [-0.05, 0) is 31.4 Å². The molecule has 2 nitrogen and oxygen atoms in total. The van der Waals surface area contributed by atoms with E-state index in [0.717, 1.165) is 6.42 Å². The molecule has 1 heterocycles. The maximum absolute atomic E-state index is 6.04. The van der Waals surface area contributed by atoms with Crippen molar-refractivity contribution in [1.29, 1.82) is 0 Å². The Labute approximate surface area is 119 Å². The Morgan fingerprint density at radius 1 is 1.06 bits per heavy atom. The molecule has 0 radical (unpaired) electrons. The van der Waals surface area contributed by atoms with Gasteiger partial charge in [-0.15, -0.1) is 0 Å². The molecule has 0 aliphatic carbocycles. The molecule has 1 fully saturated rings. The van der Waals surface area contributed by atoms with Gasteiger partial charge in [-0.1, -0.05) is 29.3 Å². The fraction of sp³-hybridized carbons (Fsp3) is 0.571. The fourth-order valence-electron chi connectivity index (χ4n) is 2.42. The lowest BCUT2D eigenvalue weighted by Crippen LogP contribution is -3.12. The third-order valence-corrected chi connectivity index (χ3v) is 4.00. The summed E-state index contributed by atoms with van der Waals surface area (Å²) in [4.78, 5) is 1.70. The topological polar surface area (TPSA) is 13.7 Å². The standard InChI is InChI=1S/C14H19Cl2NO/c15-12-6-4-7-13(16)14(12)18-11-5-10-17-8-2-1-3-9-17/h4,6-7H,1-3,5,8-11H2/p+1. The Morgan fingerprint density at radius 2 is 1.72 bits per heavy atom. The van der Waals surface area contributed by atoms with E-state index in [1.807, 2.05) is 6.07 Å². The minimum atomic E-state index is 0.591. The molecule has 0 bridgehead atoms. The predicted octanol–water partition coefficient (Wildman–Crippen LogP) is 2.83. The number of halogens is 2. The van der Waals surface area contributed by atoms with E-state index in [1.54, 1.807) is 17.0 Å². The molecule has 1 aliphatic rings. The molecular formula is C14H20Cl2NO+. The van der Waals surface area contributed by atoms with Gasteiger partial charge in [0.25, 0.3) is 0 Å². The molecule has 1 saturated heterocycles. The lowest BCUT2D eigenvalue weighted by molar-refractivity contribution is -0.905. The molecule has 18 heavy (non-hydrogen) atoms. The quantitative estimate of drug-likeness (QED) is 0.823. The summed E-state index contributed by atoms with van der Waals surface area (Å²) in [7, 11) is 0. The third-order valence-electron chi connectivity index (χ3n) is 3.40. The lowest BCUT2D eigenvalue weighted by Gasteiger charge is -2.23. The van der Waals surface area contributed by atoms with Gasteiger partial charge in [0.1, 0.15) is 0 Å². The van der Waals surface area contributed by atoms with E-state index >= 15 is 0 Å². The second-order valence-corrected chi connectivity index (χ2v) is 5.63. The van der Waals surface area contributed by atoms with Gasteiger partial charge in [0, 0.05) is 6.42 Å². The molecule has 2 rings (SSSR count). The van der Waals surface area contributed by atoms with Crippen molar-refractivity contribution in [2.45, 2.75) is 25.7 Å². The molecule has 1 aromatic carbocycles. The number of rotatable bonds is 5. The number of quaternary nitrogens is 1. The van der Waals surface area contributed by atoms with Crippen LogP contribution in [-0.4, -0.2) is 26.2 Å². The predicted molar refractivity (Wildman–Crippen MR) is 76.0 cm³/mol. The second-order valence-electron chi connectivity index (χ2n) is 4.81. The zero-order valence-electron chi connectivity index (χ0n) is 10.6. The first-order valence-electron chi connectivity index (χ1n) is 6.68. The van der Waals surface area contributed by atoms with E-state index in [-0.39, 0.29) is 0 Å². The van der Waals surface area contributed by atoms with E-state index in [0.29, 0.717) is 22.4 Å². The first kappa shape index (κ1) is 14.0. The van der Waals surface area contributed by atoms with Gasteiger partial charge >= 0.3 is 0 Å². The van der Waals surface area contributed by atoms with Crippen molar-refractivity contribution in [2.24, 2.45) is 0 Å². The van der Waals surface area contributed by atoms with Crippen molar-refractivity contribution in [3.63, 3.8) is 0 Å². The van der Waals surface area contributed by atoms with E-state index in [1.165, 1.54) is 38.9 Å². The Hall–Kier alpha value is -0.440. The SMILES string of the molecule is Clc1cccc(Cl)c1OCCC[NH+]1CCCCC1. The average Bonchev–Trinajstić information content (AvgIpc) is 2.38. The summed E-state index contributed by atoms with van der Waals surface area (Å²) in [5.74, 6) is 0.620. The largest absolute Gasteiger partial charge is 0.490 e. The summed E-state index contributed by atoms with van der Waals surface area (Å²) in [5, 5.41) is 1.18. The molecule has 0 spiro atoms. The van der Waals surface area contributed by atoms with Crippen LogP contribution in [0.2, 0.25) is 10.0 Å². The Bertz CT molecular complexity index is 358. The zero-order valence-corrected chi connectivity index (χ0v) is 12.1. The van der Waals surface area contributed by atoms with Crippen molar-refractivity contribution in [2.75, 3.05) is 26.2 Å². The molecule has 100 valence electrons. The highest BCUT2D eigenvalue weighted by molar-refractivity contribution is 6.37. The Morgan fingerprint density at radius 3 is 2.39 bits per heavy atom. The van der Waals surface area contributed by atoms with Crippen LogP contribution in [0.15, 0.2) is 18.2 Å². The van der Waals surface area contributed by atoms with Crippen LogP contribution in [0.5, 0.6) is 5.75 Å². The maximum Gasteiger partial charge on any atom is 0.156 e. The van der Waals surface area contributed by atoms with Crippen LogP contribution < -0.4 is 9.64 Å². The monoisotopic (exact) mass is 288 g/mol. The second kappa shape index (κ2) is 7.22. The van der Waals surface area contributed by atoms with Crippen molar-refractivity contribution < 1.29 is 9.64 Å². The number of hydrogen-bond donors (Lipinski definition) is 1. The van der Waals surface area contributed by atoms with Gasteiger partial charge in [0.05, 0.1) is 36.3 Å². The summed E-state index contributed by atoms with van der Waals surface area (Å²) in [6.45, 7) is 4.49. The summed E-state index contributed by atoms with van der Waals surface area (Å²) < 4.78 is 5.68. The molecule has 0 atom stereocenters. The summed E-state index contributed by atoms with van der Waals surface area (Å²) in [5.41, 5.74) is 0. The average molecular weight is 289 g/mol. The highest BCUT2D eigenvalue weighted by atomic mass is 35.5. The number of para-hydroxylation sites is 1. The van der Waals surface area contributed by atoms with Crippen LogP contribution in [0.1, 0.15) is 25.7 Å². The third kappa shape index (κ3) is 4.04. The number of benzene rings is 1. The summed E-state index contributed by atoms with van der Waals surface area (Å²) >= 11 is 12.1. The van der Waals surface area contributed by atoms with E-state index < -0.39 is 0 Å². The van der Waals surface area contributed by atoms with Crippen LogP contribution in [-0.2, 0) is 0 Å². The Kier molecular flexibility index (Phi) is 5.61. The van der Waals surface area contributed by atoms with E-state index in [4.69, 9.17) is 27.9 Å². The van der Waals surface area contributed by atoms with Crippen molar-refractivity contribution >= 4 is 23.2 Å². The molecule has 1 aromatic rings. The van der Waals surface area contributed by atoms with E-state index in [9.17, 15) is 0 Å². The lowest BCUT2D eigenvalue weighted by atomic mass is 10.1. The van der Waals surface area contributed by atoms with Crippen LogP contribution in [0.3, 0.4) is 0 Å². The van der Waals surface area contributed by atoms with Crippen LogP contribution in [0.4, 0.5) is 0 Å². The normalized spacial score (nSPS) is 16.8. The number of likely N-dealkylation sites (tertiary alicyclic amines) is 1. The van der Waals surface area contributed by atoms with Gasteiger partial charge in [-0.25, -0.2) is 0 Å². The minimum absolute atomic E-state index is 0.591. The molecule has 4 heteroatoms. The minimum Gasteiger partial charge on any atom is -0.490 e. The van der Waals surface area contributed by atoms with E-state index in [2.05, 4.69) is 0 Å². The number of ether oxygens (including phenoxy) is 1. The van der Waals surface area contributed by atoms with Crippen molar-refractivity contribution in [3.8, 4) is 5.75 Å². The molecule has 0 saturated carbocycles. The number of piperidine rings is 1. The van der Waals surface area contributed by atoms with Crippen molar-refractivity contribution in [3.05, 3.63) is 28.2 Å². The summed E-state index contributed by atoms with van der Waals surface area (Å²) in [6, 6.07) is 5.44. The molecule has 0 amide bonds. The molecular weight excluding hydrogens is 269 g/mol. The van der Waals surface area contributed by atoms with Gasteiger partial charge in [-0.2, -0.15) is 0 Å². The first-order valence-corrected chi connectivity index (χ1v) is 7.43. The van der Waals surface area contributed by atoms with Crippen LogP contribution >= 0.6 is 23.2 Å². The van der Waals surface area contributed by atoms with Crippen LogP contribution in [0.25, 0.3) is 0 Å². The molecule has 1 N–H and O–H groups in total. The van der Waals surface area contributed by atoms with Crippen LogP contribution in [0, 0.1) is 0 Å². The molecule has 0 unspecified atom stereocenters. The maximum atomic E-state index is 6.04. The highest BCUT2D eigenvalue weighted by Gasteiger charge is 2.13. The van der Waals surface area contributed by atoms with Gasteiger partial charge in [0.15, 0.2) is 5.75 Å². The first-order chi connectivity index (χ1) is 8.77. The summed E-state index contributed by atoms with van der Waals surface area (Å²) in [6.07, 6.45) is 5.19. The van der Waals surface area contributed by atoms with Gasteiger partial charge in [-0.3, -0.25) is 0 Å². The fourth-order valence-corrected chi connectivity index (χ4v) is 2.93. The smallest absolute Gasteiger partial charge is 0.156 e. The number of hydrogen-bond acceptors (Lipinski definition) is 1. The van der Waals surface area contributed by atoms with Gasteiger partial charge < -0.3 is 9.64 Å². The zero-order chi connectivity index (χ0) is 12.8. The highest BCUT2D eigenvalue weighted by Crippen LogP contribution is 2.32. The molecule has 1 aliphatic heterocycles. The molecule has 0 aromatic heterocycles. The number of nitrogens with one attached hydrogen (secondary N) is 1.